The van der Waals surface area contributed by atoms with Crippen LogP contribution in [0.5, 0.6) is 17.2 Å². The van der Waals surface area contributed by atoms with E-state index in [4.69, 9.17) is 34.2 Å². The number of rotatable bonds is 16. The number of amides is 2. The third-order valence-electron chi connectivity index (χ3n) is 8.17. The first-order valence-electron chi connectivity index (χ1n) is 15.8. The summed E-state index contributed by atoms with van der Waals surface area (Å²) in [7, 11) is -4.08. The molecular formula is C32H43N3O11S. The molecular weight excluding hydrogens is 634 g/mol. The van der Waals surface area contributed by atoms with Gasteiger partial charge in [-0.2, -0.15) is 4.31 Å². The van der Waals surface area contributed by atoms with Gasteiger partial charge in [-0.3, -0.25) is 4.79 Å². The molecule has 0 spiro atoms. The molecule has 2 amide bonds. The summed E-state index contributed by atoms with van der Waals surface area (Å²) >= 11 is 0. The second-order valence-electron chi connectivity index (χ2n) is 12.3. The molecule has 0 aliphatic carbocycles. The van der Waals surface area contributed by atoms with E-state index >= 15 is 0 Å². The average Bonchev–Trinajstić information content (AvgIpc) is 3.78. The van der Waals surface area contributed by atoms with Crippen LogP contribution < -0.4 is 25.3 Å². The Balaban J connectivity index is 1.31. The standard InChI is InChI=1S/C32H43N3O11S/c1-20(2)16-35(47(39,40)23-9-10-27-28(15-23)45-19-44-27)17-26(36)25(34-32(38)46-29-18-43-31-24(29)11-13-42-31)14-21-5-7-22(8-6-21)41-12-3-4-30(33)37/h5-10,15,20,24-26,29,31,36H,3-4,11-14,16-19H2,1-2H3,(H2,33,37)(H,34,38)/t24?,25-,26+,29?,31?/m0/s1. The number of primary amides is 1. The van der Waals surface area contributed by atoms with Gasteiger partial charge in [0.05, 0.1) is 42.8 Å². The van der Waals surface area contributed by atoms with Crippen molar-refractivity contribution in [3.05, 3.63) is 48.0 Å². The number of sulfonamides is 1. The van der Waals surface area contributed by atoms with Gasteiger partial charge in [0.2, 0.25) is 22.7 Å². The summed E-state index contributed by atoms with van der Waals surface area (Å²) in [6, 6.07) is 10.5. The first-order valence-corrected chi connectivity index (χ1v) is 17.2. The number of benzene rings is 2. The van der Waals surface area contributed by atoms with Crippen molar-refractivity contribution in [3.63, 3.8) is 0 Å². The van der Waals surface area contributed by atoms with E-state index in [0.717, 1.165) is 5.56 Å². The lowest BCUT2D eigenvalue weighted by atomic mass is 10.0. The van der Waals surface area contributed by atoms with Crippen LogP contribution in [0.25, 0.3) is 0 Å². The van der Waals surface area contributed by atoms with E-state index in [1.54, 1.807) is 24.3 Å². The molecule has 0 radical (unpaired) electrons. The van der Waals surface area contributed by atoms with Crippen LogP contribution in [0.3, 0.4) is 0 Å². The summed E-state index contributed by atoms with van der Waals surface area (Å²) in [5.74, 6) is 0.814. The number of carbonyl (C=O) groups excluding carboxylic acids is 2. The fraction of sp³-hybridized carbons (Fsp3) is 0.562. The number of nitrogens with two attached hydrogens (primary N) is 1. The molecule has 3 aliphatic rings. The summed E-state index contributed by atoms with van der Waals surface area (Å²) in [6.45, 7) is 4.62. The second kappa shape index (κ2) is 15.5. The molecule has 3 unspecified atom stereocenters. The first kappa shape index (κ1) is 34.7. The topological polar surface area (TPSA) is 185 Å². The number of hydrogen-bond acceptors (Lipinski definition) is 11. The minimum Gasteiger partial charge on any atom is -0.494 e. The van der Waals surface area contributed by atoms with Crippen LogP contribution in [0, 0.1) is 11.8 Å². The van der Waals surface area contributed by atoms with Crippen molar-refractivity contribution in [1.29, 1.82) is 0 Å². The monoisotopic (exact) mass is 677 g/mol. The molecule has 5 atom stereocenters. The van der Waals surface area contributed by atoms with Crippen LogP contribution >= 0.6 is 0 Å². The number of aliphatic hydroxyl groups excluding tert-OH is 1. The van der Waals surface area contributed by atoms with Crippen LogP contribution in [-0.4, -0.2) is 94.1 Å². The third-order valence-corrected chi connectivity index (χ3v) is 10.00. The molecule has 258 valence electrons. The Morgan fingerprint density at radius 1 is 1.09 bits per heavy atom. The van der Waals surface area contributed by atoms with Gasteiger partial charge >= 0.3 is 6.09 Å². The number of ether oxygens (including phenoxy) is 6. The van der Waals surface area contributed by atoms with Gasteiger partial charge in [0.25, 0.3) is 0 Å². The van der Waals surface area contributed by atoms with Crippen molar-refractivity contribution in [1.82, 2.24) is 9.62 Å². The number of carbonyl (C=O) groups is 2. The van der Waals surface area contributed by atoms with Gasteiger partial charge in [0.1, 0.15) is 11.9 Å². The van der Waals surface area contributed by atoms with E-state index < -0.39 is 46.6 Å². The molecule has 4 N–H and O–H groups in total. The van der Waals surface area contributed by atoms with Crippen LogP contribution in [0.4, 0.5) is 4.79 Å². The Morgan fingerprint density at radius 2 is 1.85 bits per heavy atom. The number of fused-ring (bicyclic) bond motifs is 2. The molecule has 5 rings (SSSR count). The summed E-state index contributed by atoms with van der Waals surface area (Å²) < 4.78 is 62.2. The summed E-state index contributed by atoms with van der Waals surface area (Å²) in [4.78, 5) is 24.2. The number of aliphatic hydroxyl groups is 1. The normalized spacial score (nSPS) is 21.4. The zero-order valence-corrected chi connectivity index (χ0v) is 27.4. The van der Waals surface area contributed by atoms with Gasteiger partial charge in [-0.15, -0.1) is 0 Å². The Hall–Kier alpha value is -3.63. The Morgan fingerprint density at radius 3 is 2.60 bits per heavy atom. The Kier molecular flexibility index (Phi) is 11.5. The quantitative estimate of drug-likeness (QED) is 0.221. The predicted molar refractivity (Wildman–Crippen MR) is 167 cm³/mol. The van der Waals surface area contributed by atoms with Crippen molar-refractivity contribution in [2.45, 2.75) is 69.0 Å². The molecule has 2 fully saturated rings. The molecule has 2 saturated heterocycles. The van der Waals surface area contributed by atoms with E-state index in [9.17, 15) is 23.1 Å². The molecule has 3 aliphatic heterocycles. The van der Waals surface area contributed by atoms with Gasteiger partial charge in [-0.1, -0.05) is 26.0 Å². The van der Waals surface area contributed by atoms with Gasteiger partial charge in [-0.25, -0.2) is 13.2 Å². The lowest BCUT2D eigenvalue weighted by Crippen LogP contribution is -2.51. The molecule has 47 heavy (non-hydrogen) atoms. The van der Waals surface area contributed by atoms with Crippen molar-refractivity contribution in [2.24, 2.45) is 17.6 Å². The highest BCUT2D eigenvalue weighted by Gasteiger charge is 2.44. The number of nitrogens with zero attached hydrogens (tertiary/aromatic N) is 1. The maximum absolute atomic E-state index is 13.9. The molecule has 14 nitrogen and oxygen atoms in total. The Bertz CT molecular complexity index is 1490. The lowest BCUT2D eigenvalue weighted by molar-refractivity contribution is -0.118. The minimum atomic E-state index is -4.08. The van der Waals surface area contributed by atoms with E-state index in [0.29, 0.717) is 43.3 Å². The van der Waals surface area contributed by atoms with Crippen LogP contribution in [-0.2, 0) is 35.4 Å². The van der Waals surface area contributed by atoms with E-state index in [2.05, 4.69) is 5.32 Å². The molecule has 0 aromatic heterocycles. The van der Waals surface area contributed by atoms with E-state index in [1.807, 2.05) is 13.8 Å². The Labute approximate surface area is 274 Å². The summed E-state index contributed by atoms with van der Waals surface area (Å²) in [5.41, 5.74) is 5.93. The largest absolute Gasteiger partial charge is 0.494 e. The van der Waals surface area contributed by atoms with Gasteiger partial charge in [0.15, 0.2) is 17.8 Å². The second-order valence-corrected chi connectivity index (χ2v) is 14.2. The highest BCUT2D eigenvalue weighted by Crippen LogP contribution is 2.35. The van der Waals surface area contributed by atoms with Crippen LogP contribution in [0.15, 0.2) is 47.4 Å². The maximum Gasteiger partial charge on any atom is 0.407 e. The number of nitrogens with one attached hydrogen (secondary N) is 1. The maximum atomic E-state index is 13.9. The molecule has 15 heteroatoms. The van der Waals surface area contributed by atoms with Gasteiger partial charge < -0.3 is 44.6 Å². The molecule has 0 bridgehead atoms. The summed E-state index contributed by atoms with van der Waals surface area (Å²) in [6.07, 6.45) is -1.41. The molecule has 2 aromatic carbocycles. The predicted octanol–water partition coefficient (Wildman–Crippen LogP) is 2.17. The first-order chi connectivity index (χ1) is 22.5. The van der Waals surface area contributed by atoms with Crippen molar-refractivity contribution < 1.29 is 51.5 Å². The zero-order valence-electron chi connectivity index (χ0n) is 26.5. The van der Waals surface area contributed by atoms with Crippen molar-refractivity contribution in [2.75, 3.05) is 39.7 Å². The molecule has 3 heterocycles. The van der Waals surface area contributed by atoms with Gasteiger partial charge in [-0.05, 0) is 55.0 Å². The lowest BCUT2D eigenvalue weighted by Gasteiger charge is -2.31. The molecule has 2 aromatic rings. The molecule has 0 saturated carbocycles. The van der Waals surface area contributed by atoms with Gasteiger partial charge in [0, 0.05) is 25.6 Å². The average molecular weight is 678 g/mol. The SMILES string of the molecule is CC(C)CN(C[C@@H](O)[C@H](Cc1ccc(OCCCC(N)=O)cc1)NC(=O)OC1COC2OCCC12)S(=O)(=O)c1ccc2c(c1)OCO2. The van der Waals surface area contributed by atoms with Crippen molar-refractivity contribution in [3.8, 4) is 17.2 Å². The third kappa shape index (κ3) is 9.05. The fourth-order valence-corrected chi connectivity index (χ4v) is 7.40. The number of hydrogen-bond donors (Lipinski definition) is 3. The smallest absolute Gasteiger partial charge is 0.407 e. The van der Waals surface area contributed by atoms with Crippen LogP contribution in [0.1, 0.15) is 38.7 Å². The fourth-order valence-electron chi connectivity index (χ4n) is 5.77. The number of alkyl carbamates (subject to hydrolysis) is 1. The van der Waals surface area contributed by atoms with E-state index in [-0.39, 0.29) is 56.1 Å². The van der Waals surface area contributed by atoms with Crippen molar-refractivity contribution >= 4 is 22.0 Å². The van der Waals surface area contributed by atoms with E-state index in [1.165, 1.54) is 22.5 Å². The highest BCUT2D eigenvalue weighted by atomic mass is 32.2. The minimum absolute atomic E-state index is 0.000457. The van der Waals surface area contributed by atoms with Crippen LogP contribution in [0.2, 0.25) is 0 Å². The summed E-state index contributed by atoms with van der Waals surface area (Å²) in [5, 5.41) is 14.4. The highest BCUT2D eigenvalue weighted by molar-refractivity contribution is 7.89. The zero-order chi connectivity index (χ0) is 33.6.